The molecule has 1 atom stereocenters. The Kier molecular flexibility index (Phi) is 5.40. The predicted octanol–water partition coefficient (Wildman–Crippen LogP) is 1.53. The molecule has 2 N–H and O–H groups in total. The highest BCUT2D eigenvalue weighted by molar-refractivity contribution is 5.80. The summed E-state index contributed by atoms with van der Waals surface area (Å²) < 4.78 is 6.01. The Morgan fingerprint density at radius 1 is 1.29 bits per heavy atom. The zero-order valence-electron chi connectivity index (χ0n) is 11.4. The lowest BCUT2D eigenvalue weighted by Crippen LogP contribution is -2.46. The minimum absolute atomic E-state index is 0.0158. The topological polar surface area (TPSA) is 55.6 Å². The van der Waals surface area contributed by atoms with E-state index >= 15 is 0 Å². The van der Waals surface area contributed by atoms with Gasteiger partial charge < -0.3 is 15.4 Å². The van der Waals surface area contributed by atoms with E-state index in [9.17, 15) is 4.79 Å². The maximum atomic E-state index is 11.8. The van der Waals surface area contributed by atoms with Crippen LogP contribution in [-0.4, -0.2) is 43.2 Å². The summed E-state index contributed by atoms with van der Waals surface area (Å²) in [7, 11) is 3.51. The number of carbonyl (C=O) groups is 1. The Morgan fingerprint density at radius 2 is 1.82 bits per heavy atom. The molecule has 17 heavy (non-hydrogen) atoms. The number of nitrogens with two attached hydrogens (primary N) is 1. The van der Waals surface area contributed by atoms with Crippen LogP contribution in [0.2, 0.25) is 0 Å². The monoisotopic (exact) mass is 242 g/mol. The second kappa shape index (κ2) is 6.36. The van der Waals surface area contributed by atoms with Crippen molar-refractivity contribution in [2.75, 3.05) is 20.6 Å². The molecule has 0 radical (unpaired) electrons. The largest absolute Gasteiger partial charge is 0.361 e. The molecule has 1 unspecified atom stereocenters. The summed E-state index contributed by atoms with van der Waals surface area (Å²) in [6.45, 7) is 2.34. The van der Waals surface area contributed by atoms with Gasteiger partial charge in [0.15, 0.2) is 0 Å². The third kappa shape index (κ3) is 3.96. The summed E-state index contributed by atoms with van der Waals surface area (Å²) in [5, 5.41) is 0. The number of hydrogen-bond acceptors (Lipinski definition) is 3. The van der Waals surface area contributed by atoms with E-state index in [-0.39, 0.29) is 11.5 Å². The zero-order chi connectivity index (χ0) is 12.9. The first-order valence-electron chi connectivity index (χ1n) is 6.60. The quantitative estimate of drug-likeness (QED) is 0.761. The maximum absolute atomic E-state index is 11.8. The van der Waals surface area contributed by atoms with Gasteiger partial charge in [-0.25, -0.2) is 0 Å². The van der Waals surface area contributed by atoms with E-state index in [2.05, 4.69) is 0 Å². The lowest BCUT2D eigenvalue weighted by Gasteiger charge is -2.34. The van der Waals surface area contributed by atoms with E-state index in [1.807, 2.05) is 6.92 Å². The van der Waals surface area contributed by atoms with Gasteiger partial charge in [-0.05, 0) is 19.8 Å². The Bertz CT molecular complexity index is 246. The van der Waals surface area contributed by atoms with Gasteiger partial charge in [0.1, 0.15) is 6.10 Å². The highest BCUT2D eigenvalue weighted by Gasteiger charge is 2.34. The van der Waals surface area contributed by atoms with Gasteiger partial charge in [-0.15, -0.1) is 0 Å². The molecule has 0 bridgehead atoms. The van der Waals surface area contributed by atoms with Crippen molar-refractivity contribution in [3.05, 3.63) is 0 Å². The number of carbonyl (C=O) groups excluding carboxylic acids is 1. The summed E-state index contributed by atoms with van der Waals surface area (Å²) >= 11 is 0. The van der Waals surface area contributed by atoms with Crippen molar-refractivity contribution < 1.29 is 9.53 Å². The van der Waals surface area contributed by atoms with Gasteiger partial charge in [0.2, 0.25) is 0 Å². The van der Waals surface area contributed by atoms with Crippen LogP contribution in [0.15, 0.2) is 0 Å². The molecule has 1 aliphatic rings. The van der Waals surface area contributed by atoms with Crippen molar-refractivity contribution in [1.29, 1.82) is 0 Å². The summed E-state index contributed by atoms with van der Waals surface area (Å²) in [5.41, 5.74) is 5.61. The second-order valence-corrected chi connectivity index (χ2v) is 5.29. The molecular formula is C13H26N2O2. The molecule has 1 aliphatic carbocycles. The molecule has 0 heterocycles. The minimum Gasteiger partial charge on any atom is -0.361 e. The van der Waals surface area contributed by atoms with Gasteiger partial charge in [-0.2, -0.15) is 0 Å². The molecule has 0 spiro atoms. The molecule has 1 amide bonds. The number of ether oxygens (including phenoxy) is 1. The number of likely N-dealkylation sites (N-methyl/N-ethyl adjacent to an activating group) is 1. The predicted molar refractivity (Wildman–Crippen MR) is 68.7 cm³/mol. The fourth-order valence-corrected chi connectivity index (χ4v) is 2.53. The highest BCUT2D eigenvalue weighted by Crippen LogP contribution is 2.30. The van der Waals surface area contributed by atoms with Crippen molar-refractivity contribution in [2.24, 2.45) is 5.73 Å². The van der Waals surface area contributed by atoms with Crippen LogP contribution in [0.3, 0.4) is 0 Å². The van der Waals surface area contributed by atoms with Crippen molar-refractivity contribution in [1.82, 2.24) is 4.90 Å². The summed E-state index contributed by atoms with van der Waals surface area (Å²) in [5.74, 6) is 0.0158. The first-order chi connectivity index (χ1) is 8.01. The fraction of sp³-hybridized carbons (Fsp3) is 0.923. The lowest BCUT2D eigenvalue weighted by molar-refractivity contribution is -0.154. The third-order valence-electron chi connectivity index (χ3n) is 3.60. The van der Waals surface area contributed by atoms with Crippen molar-refractivity contribution >= 4 is 5.91 Å². The normalized spacial score (nSPS) is 21.6. The van der Waals surface area contributed by atoms with E-state index in [4.69, 9.17) is 10.5 Å². The lowest BCUT2D eigenvalue weighted by atomic mass is 9.94. The Morgan fingerprint density at radius 3 is 2.24 bits per heavy atom. The van der Waals surface area contributed by atoms with Crippen molar-refractivity contribution in [3.8, 4) is 0 Å². The highest BCUT2D eigenvalue weighted by atomic mass is 16.5. The van der Waals surface area contributed by atoms with E-state index < -0.39 is 6.10 Å². The van der Waals surface area contributed by atoms with Crippen LogP contribution >= 0.6 is 0 Å². The third-order valence-corrected chi connectivity index (χ3v) is 3.60. The standard InChI is InChI=1S/C13H26N2O2/c1-11(12(16)15(2)3)17-13(10-14)8-6-4-5-7-9-13/h11H,4-10,14H2,1-3H3. The fourth-order valence-electron chi connectivity index (χ4n) is 2.53. The smallest absolute Gasteiger partial charge is 0.250 e. The summed E-state index contributed by atoms with van der Waals surface area (Å²) in [6.07, 6.45) is 6.37. The van der Waals surface area contributed by atoms with Gasteiger partial charge in [0, 0.05) is 20.6 Å². The van der Waals surface area contributed by atoms with Gasteiger partial charge in [0.25, 0.3) is 5.91 Å². The van der Waals surface area contributed by atoms with E-state index in [0.29, 0.717) is 6.54 Å². The zero-order valence-corrected chi connectivity index (χ0v) is 11.4. The average molecular weight is 242 g/mol. The maximum Gasteiger partial charge on any atom is 0.250 e. The number of nitrogens with zero attached hydrogens (tertiary/aromatic N) is 1. The van der Waals surface area contributed by atoms with Crippen molar-refractivity contribution in [3.63, 3.8) is 0 Å². The van der Waals surface area contributed by atoms with E-state index in [0.717, 1.165) is 25.7 Å². The van der Waals surface area contributed by atoms with Crippen LogP contribution in [0.1, 0.15) is 45.4 Å². The second-order valence-electron chi connectivity index (χ2n) is 5.29. The Hall–Kier alpha value is -0.610. The van der Waals surface area contributed by atoms with E-state index in [1.54, 1.807) is 19.0 Å². The summed E-state index contributed by atoms with van der Waals surface area (Å²) in [6, 6.07) is 0. The van der Waals surface area contributed by atoms with Crippen LogP contribution in [-0.2, 0) is 9.53 Å². The molecule has 0 saturated heterocycles. The Balaban J connectivity index is 2.63. The van der Waals surface area contributed by atoms with Gasteiger partial charge in [-0.1, -0.05) is 25.7 Å². The van der Waals surface area contributed by atoms with Crippen LogP contribution < -0.4 is 5.73 Å². The van der Waals surface area contributed by atoms with Gasteiger partial charge in [-0.3, -0.25) is 4.79 Å². The van der Waals surface area contributed by atoms with Crippen LogP contribution in [0.4, 0.5) is 0 Å². The van der Waals surface area contributed by atoms with Crippen molar-refractivity contribution in [2.45, 2.75) is 57.2 Å². The first-order valence-corrected chi connectivity index (χ1v) is 6.60. The molecule has 1 fully saturated rings. The molecule has 0 aromatic heterocycles. The molecule has 4 heteroatoms. The molecule has 0 aromatic rings. The molecular weight excluding hydrogens is 216 g/mol. The van der Waals surface area contributed by atoms with Gasteiger partial charge >= 0.3 is 0 Å². The first kappa shape index (κ1) is 14.5. The number of hydrogen-bond donors (Lipinski definition) is 1. The molecule has 1 saturated carbocycles. The molecule has 0 aromatic carbocycles. The van der Waals surface area contributed by atoms with Crippen LogP contribution in [0.25, 0.3) is 0 Å². The van der Waals surface area contributed by atoms with Crippen LogP contribution in [0.5, 0.6) is 0 Å². The Labute approximate surface area is 104 Å². The summed E-state index contributed by atoms with van der Waals surface area (Å²) in [4.78, 5) is 13.4. The number of rotatable bonds is 4. The molecule has 1 rings (SSSR count). The van der Waals surface area contributed by atoms with Crippen LogP contribution in [0, 0.1) is 0 Å². The minimum atomic E-state index is -0.397. The van der Waals surface area contributed by atoms with Gasteiger partial charge in [0.05, 0.1) is 5.60 Å². The molecule has 0 aliphatic heterocycles. The molecule has 100 valence electrons. The SMILES string of the molecule is CC(OC1(CN)CCCCCC1)C(=O)N(C)C. The molecule has 4 nitrogen and oxygen atoms in total. The average Bonchev–Trinajstić information content (AvgIpc) is 2.54. The number of amides is 1. The van der Waals surface area contributed by atoms with E-state index in [1.165, 1.54) is 12.8 Å².